The topological polar surface area (TPSA) is 51.2 Å². The monoisotopic (exact) mass is 348 g/mol. The van der Waals surface area contributed by atoms with Gasteiger partial charge in [0.05, 0.1) is 13.2 Å². The number of nitrogens with one attached hydrogen (secondary N) is 1. The van der Waals surface area contributed by atoms with E-state index in [9.17, 15) is 4.79 Å². The second kappa shape index (κ2) is 7.22. The molecule has 1 aromatic carbocycles. The molecule has 1 aromatic heterocycles. The van der Waals surface area contributed by atoms with Crippen LogP contribution in [0.3, 0.4) is 0 Å². The molecule has 0 saturated heterocycles. The molecular weight excluding hydrogens is 332 g/mol. The number of carbonyl (C=O) groups excluding carboxylic acids is 1. The van der Waals surface area contributed by atoms with E-state index in [1.807, 2.05) is 31.2 Å². The average Bonchev–Trinajstić information content (AvgIpc) is 2.52. The van der Waals surface area contributed by atoms with E-state index in [-0.39, 0.29) is 11.9 Å². The van der Waals surface area contributed by atoms with E-state index in [0.717, 1.165) is 17.7 Å². The van der Waals surface area contributed by atoms with Crippen molar-refractivity contribution in [3.63, 3.8) is 0 Å². The summed E-state index contributed by atoms with van der Waals surface area (Å²) in [5.41, 5.74) is 1.34. The highest BCUT2D eigenvalue weighted by Crippen LogP contribution is 2.27. The summed E-state index contributed by atoms with van der Waals surface area (Å²) in [5.74, 6) is 0.560. The highest BCUT2D eigenvalue weighted by atomic mass is 79.9. The first-order valence-corrected chi connectivity index (χ1v) is 7.51. The Morgan fingerprint density at radius 1 is 1.33 bits per heavy atom. The zero-order chi connectivity index (χ0) is 15.2. The summed E-state index contributed by atoms with van der Waals surface area (Å²) >= 11 is 3.35. The number of halogens is 1. The van der Waals surface area contributed by atoms with Crippen molar-refractivity contribution in [2.24, 2.45) is 0 Å². The van der Waals surface area contributed by atoms with Gasteiger partial charge in [-0.2, -0.15) is 0 Å². The maximum atomic E-state index is 12.4. The molecule has 0 aliphatic rings. The molecule has 1 unspecified atom stereocenters. The molecule has 5 heteroatoms. The average molecular weight is 349 g/mol. The third-order valence-electron chi connectivity index (χ3n) is 3.20. The lowest BCUT2D eigenvalue weighted by molar-refractivity contribution is 0.0929. The van der Waals surface area contributed by atoms with Crippen LogP contribution >= 0.6 is 15.9 Å². The predicted molar refractivity (Wildman–Crippen MR) is 85.4 cm³/mol. The number of carbonyl (C=O) groups is 1. The Hall–Kier alpha value is -1.88. The zero-order valence-corrected chi connectivity index (χ0v) is 13.6. The fraction of sp³-hybridized carbons (Fsp3) is 0.250. The lowest BCUT2D eigenvalue weighted by Crippen LogP contribution is -2.29. The van der Waals surface area contributed by atoms with Crippen LogP contribution in [0.25, 0.3) is 0 Å². The van der Waals surface area contributed by atoms with Gasteiger partial charge in [-0.25, -0.2) is 4.98 Å². The van der Waals surface area contributed by atoms with E-state index in [1.165, 1.54) is 0 Å². The van der Waals surface area contributed by atoms with Gasteiger partial charge in [0.2, 0.25) is 0 Å². The molecule has 1 N–H and O–H groups in total. The summed E-state index contributed by atoms with van der Waals surface area (Å²) in [7, 11) is 1.63. The summed E-state index contributed by atoms with van der Waals surface area (Å²) in [4.78, 5) is 16.5. The minimum atomic E-state index is -0.208. The molecule has 1 heterocycles. The Balaban J connectivity index is 2.23. The fourth-order valence-corrected chi connectivity index (χ4v) is 2.57. The van der Waals surface area contributed by atoms with Gasteiger partial charge in [0.1, 0.15) is 11.4 Å². The van der Waals surface area contributed by atoms with Gasteiger partial charge >= 0.3 is 0 Å². The highest BCUT2D eigenvalue weighted by molar-refractivity contribution is 9.10. The summed E-state index contributed by atoms with van der Waals surface area (Å²) in [6.07, 6.45) is 2.36. The second-order valence-electron chi connectivity index (χ2n) is 4.51. The molecule has 1 amide bonds. The predicted octanol–water partition coefficient (Wildman–Crippen LogP) is 3.73. The molecule has 21 heavy (non-hydrogen) atoms. The molecule has 110 valence electrons. The van der Waals surface area contributed by atoms with Gasteiger partial charge in [0, 0.05) is 16.2 Å². The van der Waals surface area contributed by atoms with Crippen molar-refractivity contribution < 1.29 is 9.53 Å². The smallest absolute Gasteiger partial charge is 0.271 e. The van der Waals surface area contributed by atoms with Crippen LogP contribution < -0.4 is 10.1 Å². The van der Waals surface area contributed by atoms with Crippen LogP contribution in [0.4, 0.5) is 0 Å². The Kier molecular flexibility index (Phi) is 5.33. The van der Waals surface area contributed by atoms with Gasteiger partial charge in [-0.05, 0) is 40.5 Å². The van der Waals surface area contributed by atoms with Gasteiger partial charge in [-0.3, -0.25) is 4.79 Å². The van der Waals surface area contributed by atoms with Crippen molar-refractivity contribution in [1.29, 1.82) is 0 Å². The molecule has 1 atom stereocenters. The quantitative estimate of drug-likeness (QED) is 0.895. The number of ether oxygens (including phenoxy) is 1. The van der Waals surface area contributed by atoms with Crippen LogP contribution in [-0.2, 0) is 0 Å². The van der Waals surface area contributed by atoms with Gasteiger partial charge in [-0.15, -0.1) is 0 Å². The van der Waals surface area contributed by atoms with Crippen LogP contribution in [-0.4, -0.2) is 18.0 Å². The number of benzene rings is 1. The van der Waals surface area contributed by atoms with Crippen LogP contribution in [0.2, 0.25) is 0 Å². The first-order valence-electron chi connectivity index (χ1n) is 6.71. The molecule has 0 spiro atoms. The van der Waals surface area contributed by atoms with Crippen LogP contribution in [0, 0.1) is 0 Å². The largest absolute Gasteiger partial charge is 0.496 e. The minimum Gasteiger partial charge on any atom is -0.496 e. The molecule has 2 rings (SSSR count). The van der Waals surface area contributed by atoms with E-state index >= 15 is 0 Å². The molecule has 0 bridgehead atoms. The third-order valence-corrected chi connectivity index (χ3v) is 3.84. The molecule has 0 fully saturated rings. The maximum Gasteiger partial charge on any atom is 0.271 e. The van der Waals surface area contributed by atoms with E-state index in [1.54, 1.807) is 25.4 Å². The zero-order valence-electron chi connectivity index (χ0n) is 12.0. The van der Waals surface area contributed by atoms with Crippen molar-refractivity contribution in [2.75, 3.05) is 7.11 Å². The Morgan fingerprint density at radius 3 is 2.76 bits per heavy atom. The number of methoxy groups -OCH3 is 1. The van der Waals surface area contributed by atoms with E-state index in [0.29, 0.717) is 10.2 Å². The number of hydrogen-bond acceptors (Lipinski definition) is 3. The minimum absolute atomic E-state index is 0.123. The third kappa shape index (κ3) is 3.61. The number of nitrogens with zero attached hydrogens (tertiary/aromatic N) is 1. The van der Waals surface area contributed by atoms with Crippen LogP contribution in [0.15, 0.2) is 47.1 Å². The van der Waals surface area contributed by atoms with Gasteiger partial charge < -0.3 is 10.1 Å². The lowest BCUT2D eigenvalue weighted by atomic mass is 10.0. The fourth-order valence-electron chi connectivity index (χ4n) is 2.13. The van der Waals surface area contributed by atoms with Crippen molar-refractivity contribution >= 4 is 21.8 Å². The molecule has 0 aliphatic carbocycles. The van der Waals surface area contributed by atoms with Crippen molar-refractivity contribution in [3.8, 4) is 5.75 Å². The molecule has 0 saturated carbocycles. The van der Waals surface area contributed by atoms with Crippen molar-refractivity contribution in [2.45, 2.75) is 19.4 Å². The molecule has 0 radical (unpaired) electrons. The van der Waals surface area contributed by atoms with Crippen molar-refractivity contribution in [1.82, 2.24) is 10.3 Å². The number of hydrogen-bond donors (Lipinski definition) is 1. The summed E-state index contributed by atoms with van der Waals surface area (Å²) in [6.45, 7) is 2.02. The van der Waals surface area contributed by atoms with E-state index in [4.69, 9.17) is 4.74 Å². The second-order valence-corrected chi connectivity index (χ2v) is 5.36. The molecule has 0 aliphatic heterocycles. The molecule has 2 aromatic rings. The van der Waals surface area contributed by atoms with E-state index < -0.39 is 0 Å². The van der Waals surface area contributed by atoms with E-state index in [2.05, 4.69) is 26.2 Å². The number of para-hydroxylation sites is 1. The summed E-state index contributed by atoms with van der Waals surface area (Å²) < 4.78 is 6.04. The van der Waals surface area contributed by atoms with Crippen molar-refractivity contribution in [3.05, 3.63) is 58.3 Å². The summed E-state index contributed by atoms with van der Waals surface area (Å²) in [6, 6.07) is 11.1. The van der Waals surface area contributed by atoms with Crippen LogP contribution in [0.1, 0.15) is 35.4 Å². The number of amides is 1. The van der Waals surface area contributed by atoms with Gasteiger partial charge in [-0.1, -0.05) is 25.1 Å². The Bertz CT molecular complexity index is 631. The maximum absolute atomic E-state index is 12.4. The Morgan fingerprint density at radius 2 is 2.10 bits per heavy atom. The van der Waals surface area contributed by atoms with Gasteiger partial charge in [0.15, 0.2) is 0 Å². The first kappa shape index (κ1) is 15.5. The number of rotatable bonds is 5. The SMILES string of the molecule is CCC(NC(=O)c1ncccc1Br)c1ccccc1OC. The highest BCUT2D eigenvalue weighted by Gasteiger charge is 2.19. The Labute approximate surface area is 132 Å². The number of aromatic nitrogens is 1. The van der Waals surface area contributed by atoms with Crippen LogP contribution in [0.5, 0.6) is 5.75 Å². The first-order chi connectivity index (χ1) is 10.2. The van der Waals surface area contributed by atoms with Gasteiger partial charge in [0.25, 0.3) is 5.91 Å². The molecular formula is C16H17BrN2O2. The lowest BCUT2D eigenvalue weighted by Gasteiger charge is -2.20. The number of pyridine rings is 1. The normalized spacial score (nSPS) is 11.8. The standard InChI is InChI=1S/C16H17BrN2O2/c1-3-13(11-7-4-5-9-14(11)21-2)19-16(20)15-12(17)8-6-10-18-15/h4-10,13H,3H2,1-2H3,(H,19,20). The summed E-state index contributed by atoms with van der Waals surface area (Å²) in [5, 5.41) is 3.00. The molecule has 4 nitrogen and oxygen atoms in total.